The van der Waals surface area contributed by atoms with Crippen LogP contribution in [0.15, 0.2) is 56.6 Å². The first kappa shape index (κ1) is 21.6. The van der Waals surface area contributed by atoms with E-state index in [1.807, 2.05) is 0 Å². The first-order chi connectivity index (χ1) is 14.8. The maximum Gasteiger partial charge on any atom is 0.419 e. The molecule has 1 fully saturated rings. The molecule has 1 amide bonds. The van der Waals surface area contributed by atoms with Gasteiger partial charge in [-0.2, -0.15) is 4.31 Å². The van der Waals surface area contributed by atoms with Crippen LogP contribution < -0.4 is 11.1 Å². The lowest BCUT2D eigenvalue weighted by Crippen LogP contribution is -2.40. The number of aryl methyl sites for hydroxylation is 1. The first-order valence-corrected chi connectivity index (χ1v) is 11.4. The maximum absolute atomic E-state index is 12.6. The van der Waals surface area contributed by atoms with E-state index in [0.717, 1.165) is 0 Å². The third-order valence-electron chi connectivity index (χ3n) is 4.94. The Morgan fingerprint density at radius 2 is 1.81 bits per heavy atom. The van der Waals surface area contributed by atoms with Gasteiger partial charge >= 0.3 is 5.76 Å². The number of nitrogens with one attached hydrogen (secondary N) is 1. The summed E-state index contributed by atoms with van der Waals surface area (Å²) in [6.07, 6.45) is 0.0327. The van der Waals surface area contributed by atoms with Crippen molar-refractivity contribution in [3.8, 4) is 0 Å². The number of fused-ring (bicyclic) bond motifs is 1. The molecule has 164 valence electrons. The van der Waals surface area contributed by atoms with E-state index in [2.05, 4.69) is 5.32 Å². The molecule has 1 aliphatic rings. The number of oxazole rings is 1. The van der Waals surface area contributed by atoms with Crippen LogP contribution in [0.2, 0.25) is 5.02 Å². The molecule has 2 aromatic carbocycles. The molecule has 1 N–H and O–H groups in total. The molecule has 0 spiro atoms. The fourth-order valence-electron chi connectivity index (χ4n) is 3.34. The molecule has 0 aliphatic carbocycles. The van der Waals surface area contributed by atoms with Gasteiger partial charge in [-0.1, -0.05) is 11.6 Å². The minimum atomic E-state index is -3.59. The Labute approximate surface area is 183 Å². The van der Waals surface area contributed by atoms with Crippen molar-refractivity contribution in [2.75, 3.05) is 31.6 Å². The third kappa shape index (κ3) is 4.67. The number of carbonyl (C=O) groups excluding carboxylic acids is 1. The zero-order chi connectivity index (χ0) is 22.0. The molecule has 0 saturated carbocycles. The smallest absolute Gasteiger partial charge is 0.408 e. The minimum Gasteiger partial charge on any atom is -0.408 e. The molecule has 0 bridgehead atoms. The number of rotatable bonds is 6. The number of carbonyl (C=O) groups is 1. The van der Waals surface area contributed by atoms with E-state index in [4.69, 9.17) is 20.8 Å². The molecular formula is C20H20ClN3O6S. The zero-order valence-corrected chi connectivity index (χ0v) is 18.0. The van der Waals surface area contributed by atoms with Crippen LogP contribution in [-0.2, 0) is 26.1 Å². The second-order valence-corrected chi connectivity index (χ2v) is 9.35. The molecule has 0 unspecified atom stereocenters. The summed E-state index contributed by atoms with van der Waals surface area (Å²) in [6, 6.07) is 10.8. The van der Waals surface area contributed by atoms with Crippen LogP contribution >= 0.6 is 11.6 Å². The standard InChI is InChI=1S/C20H20ClN3O6S/c21-14-1-6-17-18(13-14)30-20(26)24(17)8-7-19(25)22-15-2-4-16(5-3-15)31(27,28)23-9-11-29-12-10-23/h1-6,13H,7-12H2,(H,22,25). The van der Waals surface area contributed by atoms with E-state index in [-0.39, 0.29) is 23.8 Å². The van der Waals surface area contributed by atoms with Crippen LogP contribution in [0.5, 0.6) is 0 Å². The van der Waals surface area contributed by atoms with Crippen molar-refractivity contribution in [1.82, 2.24) is 8.87 Å². The SMILES string of the molecule is O=C(CCn1c(=O)oc2cc(Cl)ccc21)Nc1ccc(S(=O)(=O)N2CCOCC2)cc1. The van der Waals surface area contributed by atoms with Gasteiger partial charge in [-0.05, 0) is 36.4 Å². The molecule has 0 atom stereocenters. The van der Waals surface area contributed by atoms with Gasteiger partial charge in [0.2, 0.25) is 15.9 Å². The summed E-state index contributed by atoms with van der Waals surface area (Å²) in [4.78, 5) is 24.5. The van der Waals surface area contributed by atoms with E-state index >= 15 is 0 Å². The molecular weight excluding hydrogens is 446 g/mol. The van der Waals surface area contributed by atoms with Gasteiger partial charge < -0.3 is 14.5 Å². The largest absolute Gasteiger partial charge is 0.419 e. The molecule has 1 saturated heterocycles. The third-order valence-corrected chi connectivity index (χ3v) is 7.09. The number of benzene rings is 2. The van der Waals surface area contributed by atoms with Crippen molar-refractivity contribution < 1.29 is 22.4 Å². The number of sulfonamides is 1. The molecule has 2 heterocycles. The molecule has 1 aliphatic heterocycles. The Hall–Kier alpha value is -2.66. The highest BCUT2D eigenvalue weighted by Crippen LogP contribution is 2.20. The fraction of sp³-hybridized carbons (Fsp3) is 0.300. The summed E-state index contributed by atoms with van der Waals surface area (Å²) < 4.78 is 38.4. The number of halogens is 1. The normalized spacial score (nSPS) is 15.3. The monoisotopic (exact) mass is 465 g/mol. The highest BCUT2D eigenvalue weighted by atomic mass is 35.5. The van der Waals surface area contributed by atoms with Gasteiger partial charge in [0.1, 0.15) is 0 Å². The predicted octanol–water partition coefficient (Wildman–Crippen LogP) is 2.30. The topological polar surface area (TPSA) is 111 Å². The molecule has 0 radical (unpaired) electrons. The zero-order valence-electron chi connectivity index (χ0n) is 16.4. The van der Waals surface area contributed by atoms with Crippen molar-refractivity contribution >= 4 is 44.3 Å². The Balaban J connectivity index is 1.39. The number of aromatic nitrogens is 1. The van der Waals surface area contributed by atoms with Crippen LogP contribution in [0.3, 0.4) is 0 Å². The average molecular weight is 466 g/mol. The van der Waals surface area contributed by atoms with Gasteiger partial charge in [-0.25, -0.2) is 13.2 Å². The number of hydrogen-bond acceptors (Lipinski definition) is 6. The summed E-state index contributed by atoms with van der Waals surface area (Å²) in [5.41, 5.74) is 1.37. The second kappa shape index (κ2) is 8.83. The average Bonchev–Trinajstić information content (AvgIpc) is 3.07. The number of hydrogen-bond donors (Lipinski definition) is 1. The summed E-state index contributed by atoms with van der Waals surface area (Å²) in [5.74, 6) is -0.887. The molecule has 4 rings (SSSR count). The van der Waals surface area contributed by atoms with Crippen LogP contribution in [0.4, 0.5) is 5.69 Å². The summed E-state index contributed by atoms with van der Waals surface area (Å²) in [7, 11) is -3.59. The van der Waals surface area contributed by atoms with Crippen molar-refractivity contribution in [1.29, 1.82) is 0 Å². The van der Waals surface area contributed by atoms with E-state index in [1.165, 1.54) is 33.1 Å². The fourth-order valence-corrected chi connectivity index (χ4v) is 4.91. The molecule has 31 heavy (non-hydrogen) atoms. The van der Waals surface area contributed by atoms with Crippen molar-refractivity contribution in [3.05, 3.63) is 58.0 Å². The summed E-state index contributed by atoms with van der Waals surface area (Å²) in [6.45, 7) is 1.50. The lowest BCUT2D eigenvalue weighted by molar-refractivity contribution is -0.116. The van der Waals surface area contributed by atoms with Gasteiger partial charge in [0.25, 0.3) is 0 Å². The van der Waals surface area contributed by atoms with E-state index in [0.29, 0.717) is 48.1 Å². The second-order valence-electron chi connectivity index (χ2n) is 6.97. The number of ether oxygens (including phenoxy) is 1. The molecule has 1 aromatic heterocycles. The molecule has 9 nitrogen and oxygen atoms in total. The van der Waals surface area contributed by atoms with Gasteiger partial charge in [0.05, 0.1) is 23.6 Å². The number of nitrogens with zero attached hydrogens (tertiary/aromatic N) is 2. The van der Waals surface area contributed by atoms with Crippen molar-refractivity contribution in [3.63, 3.8) is 0 Å². The van der Waals surface area contributed by atoms with Crippen LogP contribution in [0, 0.1) is 0 Å². The highest BCUT2D eigenvalue weighted by Gasteiger charge is 2.26. The van der Waals surface area contributed by atoms with Gasteiger partial charge in [0, 0.05) is 42.8 Å². The maximum atomic E-state index is 12.6. The molecule has 3 aromatic rings. The lowest BCUT2D eigenvalue weighted by Gasteiger charge is -2.26. The predicted molar refractivity (Wildman–Crippen MR) is 115 cm³/mol. The van der Waals surface area contributed by atoms with Gasteiger partial charge in [-0.15, -0.1) is 0 Å². The minimum absolute atomic E-state index is 0.0327. The number of amides is 1. The van der Waals surface area contributed by atoms with Crippen molar-refractivity contribution in [2.45, 2.75) is 17.9 Å². The number of anilines is 1. The first-order valence-electron chi connectivity index (χ1n) is 9.61. The highest BCUT2D eigenvalue weighted by molar-refractivity contribution is 7.89. The Morgan fingerprint density at radius 1 is 1.10 bits per heavy atom. The Kier molecular flexibility index (Phi) is 6.15. The Bertz CT molecular complexity index is 1260. The number of morpholine rings is 1. The summed E-state index contributed by atoms with van der Waals surface area (Å²) >= 11 is 5.90. The van der Waals surface area contributed by atoms with Crippen LogP contribution in [-0.4, -0.2) is 49.5 Å². The molecule has 11 heteroatoms. The van der Waals surface area contributed by atoms with Gasteiger partial charge in [0.15, 0.2) is 5.58 Å². The van der Waals surface area contributed by atoms with E-state index < -0.39 is 15.8 Å². The van der Waals surface area contributed by atoms with Crippen molar-refractivity contribution in [2.24, 2.45) is 0 Å². The quantitative estimate of drug-likeness (QED) is 0.598. The van der Waals surface area contributed by atoms with Crippen LogP contribution in [0.25, 0.3) is 11.1 Å². The van der Waals surface area contributed by atoms with E-state index in [1.54, 1.807) is 18.2 Å². The van der Waals surface area contributed by atoms with Gasteiger partial charge in [-0.3, -0.25) is 9.36 Å². The van der Waals surface area contributed by atoms with Crippen LogP contribution in [0.1, 0.15) is 6.42 Å². The lowest BCUT2D eigenvalue weighted by atomic mass is 10.3. The summed E-state index contributed by atoms with van der Waals surface area (Å²) in [5, 5.41) is 3.15. The Morgan fingerprint density at radius 3 is 2.52 bits per heavy atom. The van der Waals surface area contributed by atoms with E-state index in [9.17, 15) is 18.0 Å².